The molecule has 2 rings (SSSR count). The third kappa shape index (κ3) is 1.82. The van der Waals surface area contributed by atoms with Crippen LogP contribution in [-0.4, -0.2) is 24.7 Å². The summed E-state index contributed by atoms with van der Waals surface area (Å²) in [6, 6.07) is 0. The number of aryl methyl sites for hydroxylation is 1. The fraction of sp³-hybridized carbons (Fsp3) is 0.125. The highest BCUT2D eigenvalue weighted by Crippen LogP contribution is 2.34. The van der Waals surface area contributed by atoms with Crippen LogP contribution in [-0.2, 0) is 7.05 Å². The zero-order valence-electron chi connectivity index (χ0n) is 9.47. The summed E-state index contributed by atoms with van der Waals surface area (Å²) in [4.78, 5) is 20.6. The second-order valence-corrected chi connectivity index (χ2v) is 3.89. The SMILES string of the molecule is Cn1nnn(-c2c(F)c([N+](=O)[O-])c(F)c(F)c2Cl)c1=O. The first-order valence-corrected chi connectivity index (χ1v) is 5.14. The van der Waals surface area contributed by atoms with Gasteiger partial charge in [-0.3, -0.25) is 10.1 Å². The van der Waals surface area contributed by atoms with E-state index in [0.29, 0.717) is 4.68 Å². The first-order chi connectivity index (χ1) is 9.27. The average Bonchev–Trinajstić information content (AvgIpc) is 2.68. The lowest BCUT2D eigenvalue weighted by Gasteiger charge is -2.06. The molecule has 0 bridgehead atoms. The predicted molar refractivity (Wildman–Crippen MR) is 58.1 cm³/mol. The average molecular weight is 310 g/mol. The quantitative estimate of drug-likeness (QED) is 0.356. The van der Waals surface area contributed by atoms with Crippen molar-refractivity contribution in [2.45, 2.75) is 0 Å². The topological polar surface area (TPSA) is 95.8 Å². The number of halogens is 4. The molecule has 0 atom stereocenters. The molecule has 20 heavy (non-hydrogen) atoms. The van der Waals surface area contributed by atoms with E-state index in [0.717, 1.165) is 7.05 Å². The van der Waals surface area contributed by atoms with E-state index < -0.39 is 44.5 Å². The Morgan fingerprint density at radius 1 is 1.20 bits per heavy atom. The van der Waals surface area contributed by atoms with Gasteiger partial charge in [0.2, 0.25) is 11.6 Å². The molecule has 1 aromatic carbocycles. The van der Waals surface area contributed by atoms with Gasteiger partial charge in [0.25, 0.3) is 0 Å². The van der Waals surface area contributed by atoms with Crippen LogP contribution < -0.4 is 5.69 Å². The second kappa shape index (κ2) is 4.59. The van der Waals surface area contributed by atoms with Crippen LogP contribution in [0.5, 0.6) is 0 Å². The van der Waals surface area contributed by atoms with Crippen molar-refractivity contribution in [3.05, 3.63) is 43.1 Å². The fourth-order valence-corrected chi connectivity index (χ4v) is 1.66. The molecule has 0 N–H and O–H groups in total. The van der Waals surface area contributed by atoms with Gasteiger partial charge in [-0.15, -0.1) is 0 Å². The summed E-state index contributed by atoms with van der Waals surface area (Å²) in [5.41, 5.74) is -3.92. The summed E-state index contributed by atoms with van der Waals surface area (Å²) in [5, 5.41) is 15.8. The summed E-state index contributed by atoms with van der Waals surface area (Å²) in [6.45, 7) is 0. The van der Waals surface area contributed by atoms with Gasteiger partial charge in [0.05, 0.1) is 4.92 Å². The molecule has 8 nitrogen and oxygen atoms in total. The zero-order valence-corrected chi connectivity index (χ0v) is 10.2. The molecule has 0 unspecified atom stereocenters. The Labute approximate surface area is 112 Å². The number of nitrogens with zero attached hydrogens (tertiary/aromatic N) is 5. The Kier molecular flexibility index (Phi) is 3.21. The lowest BCUT2D eigenvalue weighted by molar-refractivity contribution is -0.390. The molecule has 0 radical (unpaired) electrons. The van der Waals surface area contributed by atoms with Crippen molar-refractivity contribution in [1.82, 2.24) is 19.8 Å². The summed E-state index contributed by atoms with van der Waals surface area (Å²) >= 11 is 5.38. The molecule has 1 heterocycles. The molecule has 0 aliphatic heterocycles. The van der Waals surface area contributed by atoms with Gasteiger partial charge in [-0.1, -0.05) is 11.6 Å². The maximum absolute atomic E-state index is 13.9. The molecule has 0 saturated heterocycles. The van der Waals surface area contributed by atoms with Crippen LogP contribution in [0.15, 0.2) is 4.79 Å². The number of benzene rings is 1. The van der Waals surface area contributed by atoms with Crippen LogP contribution in [0.1, 0.15) is 0 Å². The van der Waals surface area contributed by atoms with Crippen molar-refractivity contribution in [1.29, 1.82) is 0 Å². The minimum atomic E-state index is -2.07. The molecule has 0 spiro atoms. The summed E-state index contributed by atoms with van der Waals surface area (Å²) in [7, 11) is 1.14. The van der Waals surface area contributed by atoms with Gasteiger partial charge in [-0.05, 0) is 10.4 Å². The lowest BCUT2D eigenvalue weighted by Crippen LogP contribution is -2.24. The molecule has 0 aliphatic carbocycles. The van der Waals surface area contributed by atoms with Crippen molar-refractivity contribution in [3.8, 4) is 5.69 Å². The third-order valence-corrected chi connectivity index (χ3v) is 2.68. The van der Waals surface area contributed by atoms with E-state index in [4.69, 9.17) is 11.6 Å². The van der Waals surface area contributed by atoms with Crippen LogP contribution in [0, 0.1) is 27.6 Å². The Balaban J connectivity index is 2.94. The summed E-state index contributed by atoms with van der Waals surface area (Å²) in [5.74, 6) is -5.77. The minimum absolute atomic E-state index is 0.188. The van der Waals surface area contributed by atoms with Crippen LogP contribution in [0.4, 0.5) is 18.9 Å². The highest BCUT2D eigenvalue weighted by atomic mass is 35.5. The third-order valence-electron chi connectivity index (χ3n) is 2.33. The molecular weight excluding hydrogens is 307 g/mol. The number of nitro benzene ring substituents is 1. The Morgan fingerprint density at radius 2 is 1.80 bits per heavy atom. The maximum Gasteiger partial charge on any atom is 0.368 e. The largest absolute Gasteiger partial charge is 0.368 e. The zero-order chi connectivity index (χ0) is 15.2. The van der Waals surface area contributed by atoms with Gasteiger partial charge in [0, 0.05) is 7.05 Å². The maximum atomic E-state index is 13.9. The standard InChI is InChI=1S/C8H3ClF3N5O3/c1-15-8(18)16(14-13-15)6-2(9)3(10)4(11)7(5(6)12)17(19)20/h1H3. The van der Waals surface area contributed by atoms with Crippen molar-refractivity contribution in [2.75, 3.05) is 0 Å². The first kappa shape index (κ1) is 14.0. The first-order valence-electron chi connectivity index (χ1n) is 4.77. The number of rotatable bonds is 2. The van der Waals surface area contributed by atoms with Crippen LogP contribution in [0.2, 0.25) is 5.02 Å². The van der Waals surface area contributed by atoms with E-state index in [1.807, 2.05) is 0 Å². The number of aromatic nitrogens is 4. The van der Waals surface area contributed by atoms with E-state index >= 15 is 0 Å². The Hall–Kier alpha value is -2.43. The van der Waals surface area contributed by atoms with Gasteiger partial charge < -0.3 is 0 Å². The van der Waals surface area contributed by atoms with Gasteiger partial charge in [-0.25, -0.2) is 9.18 Å². The van der Waals surface area contributed by atoms with Crippen molar-refractivity contribution >= 4 is 17.3 Å². The number of nitro groups is 1. The summed E-state index contributed by atoms with van der Waals surface area (Å²) in [6.07, 6.45) is 0. The monoisotopic (exact) mass is 309 g/mol. The van der Waals surface area contributed by atoms with E-state index in [2.05, 4.69) is 10.4 Å². The van der Waals surface area contributed by atoms with E-state index in [1.54, 1.807) is 0 Å². The van der Waals surface area contributed by atoms with Crippen LogP contribution >= 0.6 is 11.6 Å². The second-order valence-electron chi connectivity index (χ2n) is 3.51. The van der Waals surface area contributed by atoms with E-state index in [9.17, 15) is 28.1 Å². The Morgan fingerprint density at radius 3 is 2.25 bits per heavy atom. The van der Waals surface area contributed by atoms with Gasteiger partial charge in [-0.2, -0.15) is 18.1 Å². The lowest BCUT2D eigenvalue weighted by atomic mass is 10.2. The molecule has 0 fully saturated rings. The fourth-order valence-electron chi connectivity index (χ4n) is 1.41. The molecular formula is C8H3ClF3N5O3. The number of tetrazole rings is 1. The number of hydrogen-bond donors (Lipinski definition) is 0. The van der Waals surface area contributed by atoms with E-state index in [-0.39, 0.29) is 4.68 Å². The number of hydrogen-bond acceptors (Lipinski definition) is 5. The smallest absolute Gasteiger partial charge is 0.258 e. The summed E-state index contributed by atoms with van der Waals surface area (Å²) < 4.78 is 41.5. The molecule has 0 aliphatic rings. The van der Waals surface area contributed by atoms with E-state index in [1.165, 1.54) is 0 Å². The molecule has 106 valence electrons. The van der Waals surface area contributed by atoms with Gasteiger partial charge >= 0.3 is 11.4 Å². The van der Waals surface area contributed by atoms with Gasteiger partial charge in [0.1, 0.15) is 10.7 Å². The molecule has 0 saturated carbocycles. The van der Waals surface area contributed by atoms with Crippen molar-refractivity contribution < 1.29 is 18.1 Å². The minimum Gasteiger partial charge on any atom is -0.258 e. The molecule has 0 amide bonds. The van der Waals surface area contributed by atoms with Crippen molar-refractivity contribution in [2.24, 2.45) is 7.05 Å². The Bertz CT molecular complexity index is 787. The van der Waals surface area contributed by atoms with Gasteiger partial charge in [0.15, 0.2) is 5.82 Å². The normalized spacial score (nSPS) is 10.8. The highest BCUT2D eigenvalue weighted by molar-refractivity contribution is 6.32. The van der Waals surface area contributed by atoms with Crippen LogP contribution in [0.25, 0.3) is 5.69 Å². The van der Waals surface area contributed by atoms with Crippen molar-refractivity contribution in [3.63, 3.8) is 0 Å². The van der Waals surface area contributed by atoms with Crippen LogP contribution in [0.3, 0.4) is 0 Å². The molecule has 1 aromatic heterocycles. The highest BCUT2D eigenvalue weighted by Gasteiger charge is 2.34. The molecule has 2 aromatic rings. The molecule has 12 heteroatoms. The predicted octanol–water partition coefficient (Wildman–Crippen LogP) is 0.945.